The van der Waals surface area contributed by atoms with E-state index in [2.05, 4.69) is 19.8 Å². The Morgan fingerprint density at radius 1 is 1.06 bits per heavy atom. The Morgan fingerprint density at radius 3 is 2.44 bits per heavy atom. The normalized spacial score (nSPS) is 14.5. The van der Waals surface area contributed by atoms with Crippen molar-refractivity contribution in [3.8, 4) is 17.1 Å². The summed E-state index contributed by atoms with van der Waals surface area (Å²) in [6.07, 6.45) is 0. The number of nitrogen functional groups attached to an aromatic ring is 1. The zero-order valence-corrected chi connectivity index (χ0v) is 18.9. The van der Waals surface area contributed by atoms with Crippen molar-refractivity contribution in [3.63, 3.8) is 0 Å². The molecule has 3 aromatic rings. The Hall–Kier alpha value is -3.25. The Balaban J connectivity index is 1.28. The van der Waals surface area contributed by atoms with Gasteiger partial charge in [-0.15, -0.1) is 10.2 Å². The summed E-state index contributed by atoms with van der Waals surface area (Å²) in [6, 6.07) is 12.6. The molecule has 1 fully saturated rings. The van der Waals surface area contributed by atoms with Crippen molar-refractivity contribution in [3.05, 3.63) is 59.9 Å². The number of rotatable bonds is 8. The molecule has 4 rings (SSSR count). The summed E-state index contributed by atoms with van der Waals surface area (Å²) < 4.78 is 44.1. The van der Waals surface area contributed by atoms with E-state index in [1.54, 1.807) is 29.2 Å². The molecular weight excluding hydrogens is 469 g/mol. The maximum absolute atomic E-state index is 13.9. The lowest BCUT2D eigenvalue weighted by Gasteiger charge is -2.34. The van der Waals surface area contributed by atoms with Gasteiger partial charge in [-0.25, -0.2) is 9.07 Å². The highest BCUT2D eigenvalue weighted by Crippen LogP contribution is 2.24. The predicted octanol–water partition coefficient (Wildman–Crippen LogP) is 2.84. The standard InChI is InChI=1S/C22H23F3N6O2S/c23-18-4-2-1-3-16(18)13-29-9-11-30(12-10-29)19(32)14-34-22-28-27-20(31(22)26)15-5-7-17(8-6-15)33-21(24)25/h1-8,21H,9-14,26H2. The zero-order chi connectivity index (χ0) is 24.1. The smallest absolute Gasteiger partial charge is 0.387 e. The van der Waals surface area contributed by atoms with Crippen molar-refractivity contribution < 1.29 is 22.7 Å². The fraction of sp³-hybridized carbons (Fsp3) is 0.318. The number of nitrogens with two attached hydrogens (primary N) is 1. The number of nitrogens with zero attached hydrogens (tertiary/aromatic N) is 5. The summed E-state index contributed by atoms with van der Waals surface area (Å²) in [7, 11) is 0. The van der Waals surface area contributed by atoms with Crippen molar-refractivity contribution >= 4 is 17.7 Å². The largest absolute Gasteiger partial charge is 0.435 e. The van der Waals surface area contributed by atoms with Gasteiger partial charge in [-0.3, -0.25) is 9.69 Å². The van der Waals surface area contributed by atoms with E-state index < -0.39 is 6.61 Å². The first-order valence-corrected chi connectivity index (χ1v) is 11.5. The van der Waals surface area contributed by atoms with E-state index in [1.807, 2.05) is 6.07 Å². The number of hydrogen-bond acceptors (Lipinski definition) is 7. The zero-order valence-electron chi connectivity index (χ0n) is 18.1. The molecule has 180 valence electrons. The molecule has 34 heavy (non-hydrogen) atoms. The number of benzene rings is 2. The molecule has 0 bridgehead atoms. The van der Waals surface area contributed by atoms with Crippen molar-refractivity contribution in [2.75, 3.05) is 37.8 Å². The first kappa shape index (κ1) is 23.9. The average Bonchev–Trinajstić information content (AvgIpc) is 3.20. The Labute approximate surface area is 198 Å². The van der Waals surface area contributed by atoms with Crippen LogP contribution in [0.1, 0.15) is 5.56 Å². The van der Waals surface area contributed by atoms with E-state index in [4.69, 9.17) is 5.84 Å². The van der Waals surface area contributed by atoms with Crippen LogP contribution in [0, 0.1) is 5.82 Å². The number of carbonyl (C=O) groups is 1. The number of hydrogen-bond donors (Lipinski definition) is 1. The summed E-state index contributed by atoms with van der Waals surface area (Å²) in [5.74, 6) is 6.31. The maximum atomic E-state index is 13.9. The lowest BCUT2D eigenvalue weighted by Crippen LogP contribution is -2.48. The highest BCUT2D eigenvalue weighted by atomic mass is 32.2. The number of amides is 1. The summed E-state index contributed by atoms with van der Waals surface area (Å²) >= 11 is 1.17. The van der Waals surface area contributed by atoms with E-state index in [0.29, 0.717) is 54.8 Å². The van der Waals surface area contributed by atoms with Crippen molar-refractivity contribution in [1.29, 1.82) is 0 Å². The molecule has 0 atom stereocenters. The molecule has 0 aliphatic carbocycles. The third-order valence-corrected chi connectivity index (χ3v) is 6.33. The van der Waals surface area contributed by atoms with Crippen LogP contribution in [0.25, 0.3) is 11.4 Å². The Morgan fingerprint density at radius 2 is 1.76 bits per heavy atom. The second-order valence-electron chi connectivity index (χ2n) is 7.62. The SMILES string of the molecule is Nn1c(SCC(=O)N2CCN(Cc3ccccc3F)CC2)nnc1-c1ccc(OC(F)F)cc1. The van der Waals surface area contributed by atoms with Crippen LogP contribution in [0.4, 0.5) is 13.2 Å². The molecular formula is C22H23F3N6O2S. The number of halogens is 3. The molecule has 12 heteroatoms. The molecule has 2 aromatic carbocycles. The van der Waals surface area contributed by atoms with E-state index in [-0.39, 0.29) is 23.2 Å². The molecule has 8 nitrogen and oxygen atoms in total. The quantitative estimate of drug-likeness (QED) is 0.382. The topological polar surface area (TPSA) is 89.5 Å². The van der Waals surface area contributed by atoms with Crippen LogP contribution in [-0.2, 0) is 11.3 Å². The second kappa shape index (κ2) is 10.8. The molecule has 0 saturated carbocycles. The molecule has 1 saturated heterocycles. The number of carbonyl (C=O) groups excluding carboxylic acids is 1. The van der Waals surface area contributed by atoms with Gasteiger partial charge in [0.25, 0.3) is 0 Å². The lowest BCUT2D eigenvalue weighted by atomic mass is 10.2. The molecule has 0 radical (unpaired) electrons. The first-order chi connectivity index (χ1) is 16.4. The van der Waals surface area contributed by atoms with Gasteiger partial charge in [0.05, 0.1) is 5.75 Å². The third kappa shape index (κ3) is 5.81. The highest BCUT2D eigenvalue weighted by Gasteiger charge is 2.23. The second-order valence-corrected chi connectivity index (χ2v) is 8.56. The summed E-state index contributed by atoms with van der Waals surface area (Å²) in [4.78, 5) is 16.5. The van der Waals surface area contributed by atoms with Gasteiger partial charge in [-0.2, -0.15) is 8.78 Å². The predicted molar refractivity (Wildman–Crippen MR) is 121 cm³/mol. The fourth-order valence-electron chi connectivity index (χ4n) is 3.60. The summed E-state index contributed by atoms with van der Waals surface area (Å²) in [5, 5.41) is 8.43. The van der Waals surface area contributed by atoms with E-state index >= 15 is 0 Å². The van der Waals surface area contributed by atoms with Gasteiger partial charge in [0.15, 0.2) is 5.82 Å². The molecule has 1 amide bonds. The van der Waals surface area contributed by atoms with Gasteiger partial charge in [0.1, 0.15) is 11.6 Å². The van der Waals surface area contributed by atoms with Crippen LogP contribution in [0.15, 0.2) is 53.7 Å². The molecule has 1 aliphatic rings. The van der Waals surface area contributed by atoms with E-state index in [0.717, 1.165) is 0 Å². The van der Waals surface area contributed by atoms with Gasteiger partial charge >= 0.3 is 6.61 Å². The monoisotopic (exact) mass is 492 g/mol. The number of piperazine rings is 1. The minimum absolute atomic E-state index is 0.0241. The minimum atomic E-state index is -2.90. The average molecular weight is 493 g/mol. The van der Waals surface area contributed by atoms with E-state index in [9.17, 15) is 18.0 Å². The van der Waals surface area contributed by atoms with Crippen LogP contribution in [0.5, 0.6) is 5.75 Å². The Kier molecular flexibility index (Phi) is 7.58. The number of thioether (sulfide) groups is 1. The van der Waals surface area contributed by atoms with Crippen molar-refractivity contribution in [2.24, 2.45) is 0 Å². The van der Waals surface area contributed by atoms with Crippen molar-refractivity contribution in [2.45, 2.75) is 18.3 Å². The van der Waals surface area contributed by atoms with Gasteiger partial charge in [0, 0.05) is 43.9 Å². The molecule has 0 spiro atoms. The number of aromatic nitrogens is 3. The van der Waals surface area contributed by atoms with E-state index in [1.165, 1.54) is 34.6 Å². The molecule has 1 aromatic heterocycles. The molecule has 0 unspecified atom stereocenters. The van der Waals surface area contributed by atoms with Crippen LogP contribution in [0.3, 0.4) is 0 Å². The molecule has 2 heterocycles. The number of alkyl halides is 2. The Bertz CT molecular complexity index is 1120. The van der Waals surface area contributed by atoms with Gasteiger partial charge < -0.3 is 15.5 Å². The minimum Gasteiger partial charge on any atom is -0.435 e. The number of ether oxygens (including phenoxy) is 1. The van der Waals surface area contributed by atoms with Gasteiger partial charge in [-0.1, -0.05) is 30.0 Å². The lowest BCUT2D eigenvalue weighted by molar-refractivity contribution is -0.130. The summed E-state index contributed by atoms with van der Waals surface area (Å²) in [6.45, 7) is 0.0422. The van der Waals surface area contributed by atoms with Crippen LogP contribution in [-0.4, -0.2) is 69.1 Å². The van der Waals surface area contributed by atoms with Crippen LogP contribution < -0.4 is 10.6 Å². The highest BCUT2D eigenvalue weighted by molar-refractivity contribution is 7.99. The van der Waals surface area contributed by atoms with Gasteiger partial charge in [0.2, 0.25) is 11.1 Å². The van der Waals surface area contributed by atoms with Crippen molar-refractivity contribution in [1.82, 2.24) is 24.7 Å². The molecule has 1 aliphatic heterocycles. The van der Waals surface area contributed by atoms with Crippen LogP contribution >= 0.6 is 11.8 Å². The summed E-state index contributed by atoms with van der Waals surface area (Å²) in [5.41, 5.74) is 1.22. The first-order valence-electron chi connectivity index (χ1n) is 10.5. The fourth-order valence-corrected chi connectivity index (χ4v) is 4.36. The van der Waals surface area contributed by atoms with Crippen LogP contribution in [0.2, 0.25) is 0 Å². The third-order valence-electron chi connectivity index (χ3n) is 5.40. The molecule has 2 N–H and O–H groups in total. The van der Waals surface area contributed by atoms with Gasteiger partial charge in [-0.05, 0) is 30.3 Å². The maximum Gasteiger partial charge on any atom is 0.387 e.